The van der Waals surface area contributed by atoms with Crippen molar-refractivity contribution >= 4 is 17.7 Å². The highest BCUT2D eigenvalue weighted by Gasteiger charge is 2.16. The molecular formula is C14H20N2OS. The molecule has 98 valence electrons. The van der Waals surface area contributed by atoms with E-state index in [9.17, 15) is 4.79 Å². The lowest BCUT2D eigenvalue weighted by molar-refractivity contribution is -0.129. The van der Waals surface area contributed by atoms with Crippen LogP contribution in [0.3, 0.4) is 0 Å². The number of hydrogen-bond acceptors (Lipinski definition) is 3. The lowest BCUT2D eigenvalue weighted by atomic mass is 9.99. The van der Waals surface area contributed by atoms with Crippen molar-refractivity contribution in [1.82, 2.24) is 4.90 Å². The van der Waals surface area contributed by atoms with Crippen LogP contribution in [0.4, 0.5) is 0 Å². The Hall–Kier alpha value is -1.00. The van der Waals surface area contributed by atoms with Crippen molar-refractivity contribution in [3.63, 3.8) is 0 Å². The van der Waals surface area contributed by atoms with E-state index in [4.69, 9.17) is 5.73 Å². The molecule has 1 atom stereocenters. The van der Waals surface area contributed by atoms with E-state index in [2.05, 4.69) is 18.2 Å². The first-order chi connectivity index (χ1) is 8.58. The van der Waals surface area contributed by atoms with E-state index in [1.807, 2.05) is 11.8 Å². The Morgan fingerprint density at radius 3 is 3.00 bits per heavy atom. The van der Waals surface area contributed by atoms with Crippen LogP contribution in [0.25, 0.3) is 0 Å². The molecule has 0 fully saturated rings. The van der Waals surface area contributed by atoms with Gasteiger partial charge in [0.05, 0.1) is 0 Å². The summed E-state index contributed by atoms with van der Waals surface area (Å²) in [6.45, 7) is 0. The number of amides is 1. The van der Waals surface area contributed by atoms with Crippen molar-refractivity contribution in [2.45, 2.75) is 30.2 Å². The minimum absolute atomic E-state index is 0.0783. The van der Waals surface area contributed by atoms with Gasteiger partial charge in [-0.1, -0.05) is 12.1 Å². The van der Waals surface area contributed by atoms with Crippen molar-refractivity contribution in [2.75, 3.05) is 19.8 Å². The van der Waals surface area contributed by atoms with E-state index in [-0.39, 0.29) is 11.9 Å². The van der Waals surface area contributed by atoms with E-state index in [0.29, 0.717) is 6.42 Å². The van der Waals surface area contributed by atoms with E-state index in [1.54, 1.807) is 19.0 Å². The van der Waals surface area contributed by atoms with Crippen molar-refractivity contribution in [3.8, 4) is 0 Å². The number of carbonyl (C=O) groups excluding carboxylic acids is 1. The zero-order chi connectivity index (χ0) is 13.1. The Labute approximate surface area is 113 Å². The van der Waals surface area contributed by atoms with Gasteiger partial charge >= 0.3 is 0 Å². The maximum Gasteiger partial charge on any atom is 0.223 e. The normalized spacial score (nSPS) is 15.9. The maximum atomic E-state index is 11.7. The van der Waals surface area contributed by atoms with Crippen LogP contribution in [0, 0.1) is 0 Å². The van der Waals surface area contributed by atoms with Gasteiger partial charge in [-0.15, -0.1) is 11.8 Å². The van der Waals surface area contributed by atoms with Crippen LogP contribution in [0.2, 0.25) is 0 Å². The molecule has 1 amide bonds. The van der Waals surface area contributed by atoms with Gasteiger partial charge in [0, 0.05) is 31.5 Å². The Bertz CT molecular complexity index is 445. The molecule has 2 N–H and O–H groups in total. The van der Waals surface area contributed by atoms with Gasteiger partial charge in [0.2, 0.25) is 5.91 Å². The third kappa shape index (κ3) is 3.06. The van der Waals surface area contributed by atoms with Gasteiger partial charge in [-0.2, -0.15) is 0 Å². The van der Waals surface area contributed by atoms with Crippen molar-refractivity contribution in [3.05, 3.63) is 29.3 Å². The van der Waals surface area contributed by atoms with Crippen molar-refractivity contribution in [2.24, 2.45) is 5.73 Å². The second-order valence-electron chi connectivity index (χ2n) is 4.92. The van der Waals surface area contributed by atoms with Gasteiger partial charge < -0.3 is 10.6 Å². The summed E-state index contributed by atoms with van der Waals surface area (Å²) in [6, 6.07) is 6.19. The van der Waals surface area contributed by atoms with Gasteiger partial charge in [0.25, 0.3) is 0 Å². The average molecular weight is 264 g/mol. The van der Waals surface area contributed by atoms with E-state index in [1.165, 1.54) is 22.6 Å². The summed E-state index contributed by atoms with van der Waals surface area (Å²) >= 11 is 1.91. The zero-order valence-corrected chi connectivity index (χ0v) is 11.8. The number of nitrogens with zero attached hydrogens (tertiary/aromatic N) is 1. The highest BCUT2D eigenvalue weighted by molar-refractivity contribution is 7.99. The standard InChI is InChI=1S/C14H20N2OS/c1-16(2)14(17)9-12(15)10-5-6-13-11(8-10)4-3-7-18-13/h5-6,8,12H,3-4,7,9,15H2,1-2H3. The lowest BCUT2D eigenvalue weighted by Crippen LogP contribution is -2.26. The number of thioether (sulfide) groups is 1. The largest absolute Gasteiger partial charge is 0.349 e. The fraction of sp³-hybridized carbons (Fsp3) is 0.500. The van der Waals surface area contributed by atoms with E-state index >= 15 is 0 Å². The van der Waals surface area contributed by atoms with E-state index in [0.717, 1.165) is 12.0 Å². The molecule has 1 aliphatic rings. The minimum atomic E-state index is -0.197. The number of carbonyl (C=O) groups is 1. The van der Waals surface area contributed by atoms with Gasteiger partial charge in [0.1, 0.15) is 0 Å². The molecule has 2 rings (SSSR count). The SMILES string of the molecule is CN(C)C(=O)CC(N)c1ccc2c(c1)CCCS2. The molecule has 0 saturated carbocycles. The predicted octanol–water partition coefficient (Wildman–Crippen LogP) is 2.20. The van der Waals surface area contributed by atoms with Crippen molar-refractivity contribution < 1.29 is 4.79 Å². The Kier molecular flexibility index (Phi) is 4.30. The number of rotatable bonds is 3. The van der Waals surface area contributed by atoms with Gasteiger partial charge in [-0.3, -0.25) is 4.79 Å². The third-order valence-corrected chi connectivity index (χ3v) is 4.46. The number of aryl methyl sites for hydroxylation is 1. The second kappa shape index (κ2) is 5.76. The number of hydrogen-bond donors (Lipinski definition) is 1. The van der Waals surface area contributed by atoms with E-state index < -0.39 is 0 Å². The van der Waals surface area contributed by atoms with Crippen LogP contribution in [0.5, 0.6) is 0 Å². The fourth-order valence-corrected chi connectivity index (χ4v) is 3.12. The molecule has 0 aromatic heterocycles. The number of benzene rings is 1. The molecule has 0 aliphatic carbocycles. The monoisotopic (exact) mass is 264 g/mol. The molecule has 0 radical (unpaired) electrons. The molecule has 18 heavy (non-hydrogen) atoms. The van der Waals surface area contributed by atoms with Crippen LogP contribution in [-0.4, -0.2) is 30.7 Å². The maximum absolute atomic E-state index is 11.7. The van der Waals surface area contributed by atoms with Crippen LogP contribution >= 0.6 is 11.8 Å². The van der Waals surface area contributed by atoms with Crippen LogP contribution in [-0.2, 0) is 11.2 Å². The first-order valence-corrected chi connectivity index (χ1v) is 7.28. The molecule has 0 saturated heterocycles. The summed E-state index contributed by atoms with van der Waals surface area (Å²) in [4.78, 5) is 14.6. The smallest absolute Gasteiger partial charge is 0.223 e. The van der Waals surface area contributed by atoms with Crippen molar-refractivity contribution in [1.29, 1.82) is 0 Å². The second-order valence-corrected chi connectivity index (χ2v) is 6.05. The van der Waals surface area contributed by atoms with Gasteiger partial charge in [-0.25, -0.2) is 0 Å². The minimum Gasteiger partial charge on any atom is -0.349 e. The quantitative estimate of drug-likeness (QED) is 0.910. The first-order valence-electron chi connectivity index (χ1n) is 6.29. The molecule has 1 heterocycles. The lowest BCUT2D eigenvalue weighted by Gasteiger charge is -2.19. The molecule has 1 aromatic rings. The number of fused-ring (bicyclic) bond motifs is 1. The average Bonchev–Trinajstić information content (AvgIpc) is 2.37. The Morgan fingerprint density at radius 1 is 1.50 bits per heavy atom. The summed E-state index contributed by atoms with van der Waals surface area (Å²) < 4.78 is 0. The summed E-state index contributed by atoms with van der Waals surface area (Å²) in [5, 5.41) is 0. The number of nitrogens with two attached hydrogens (primary N) is 1. The van der Waals surface area contributed by atoms with Crippen LogP contribution < -0.4 is 5.73 Å². The molecule has 0 bridgehead atoms. The van der Waals surface area contributed by atoms with Crippen LogP contribution in [0.15, 0.2) is 23.1 Å². The molecule has 1 aromatic carbocycles. The summed E-state index contributed by atoms with van der Waals surface area (Å²) in [7, 11) is 3.52. The Morgan fingerprint density at radius 2 is 2.28 bits per heavy atom. The van der Waals surface area contributed by atoms with Crippen LogP contribution in [0.1, 0.15) is 30.0 Å². The molecule has 4 heteroatoms. The highest BCUT2D eigenvalue weighted by Crippen LogP contribution is 2.31. The van der Waals surface area contributed by atoms with Gasteiger partial charge in [0.15, 0.2) is 0 Å². The third-order valence-electron chi connectivity index (χ3n) is 3.25. The fourth-order valence-electron chi connectivity index (χ4n) is 2.10. The zero-order valence-electron chi connectivity index (χ0n) is 11.0. The summed E-state index contributed by atoms with van der Waals surface area (Å²) in [5.41, 5.74) is 8.57. The topological polar surface area (TPSA) is 46.3 Å². The molecule has 1 aliphatic heterocycles. The predicted molar refractivity (Wildman–Crippen MR) is 75.7 cm³/mol. The first kappa shape index (κ1) is 13.4. The summed E-state index contributed by atoms with van der Waals surface area (Å²) in [5.74, 6) is 1.28. The van der Waals surface area contributed by atoms with Gasteiger partial charge in [-0.05, 0) is 35.8 Å². The highest BCUT2D eigenvalue weighted by atomic mass is 32.2. The molecular weight excluding hydrogens is 244 g/mol. The molecule has 3 nitrogen and oxygen atoms in total. The molecule has 0 spiro atoms. The summed E-state index contributed by atoms with van der Waals surface area (Å²) in [6.07, 6.45) is 2.73. The Balaban J connectivity index is 2.11. The molecule has 1 unspecified atom stereocenters.